The summed E-state index contributed by atoms with van der Waals surface area (Å²) in [5.74, 6) is 0. The Labute approximate surface area is 247 Å². The van der Waals surface area contributed by atoms with E-state index in [0.29, 0.717) is 30.1 Å². The highest BCUT2D eigenvalue weighted by Crippen LogP contribution is 2.32. The lowest BCUT2D eigenvalue weighted by Gasteiger charge is -2.23. The van der Waals surface area contributed by atoms with Crippen molar-refractivity contribution in [1.29, 1.82) is 5.26 Å². The zero-order valence-electron chi connectivity index (χ0n) is 22.2. The van der Waals surface area contributed by atoms with E-state index >= 15 is 0 Å². The normalized spacial score (nSPS) is 11.1. The molecule has 6 nitrogen and oxygen atoms in total. The number of halogens is 2. The molecule has 0 N–H and O–H groups in total. The minimum Gasteiger partial charge on any atom is -0.337 e. The van der Waals surface area contributed by atoms with Crippen LogP contribution in [0.1, 0.15) is 22.4 Å². The lowest BCUT2D eigenvalue weighted by molar-refractivity contribution is 0.242. The van der Waals surface area contributed by atoms with E-state index in [-0.39, 0.29) is 24.8 Å². The third-order valence-electron chi connectivity index (χ3n) is 6.75. The molecule has 0 bridgehead atoms. The largest absolute Gasteiger partial charge is 0.337 e. The summed E-state index contributed by atoms with van der Waals surface area (Å²) in [5, 5.41) is 12.1. The fraction of sp³-hybridized carbons (Fsp3) is 0.161. The summed E-state index contributed by atoms with van der Waals surface area (Å²) in [7, 11) is -1.27. The number of aryl methyl sites for hydroxylation is 1. The van der Waals surface area contributed by atoms with Gasteiger partial charge in [0.1, 0.15) is 0 Å². The first-order valence-corrected chi connectivity index (χ1v) is 14.2. The zero-order valence-corrected chi connectivity index (χ0v) is 24.6. The van der Waals surface area contributed by atoms with Gasteiger partial charge in [-0.25, -0.2) is 13.4 Å². The molecule has 0 radical (unpaired) electrons. The molecule has 0 spiro atoms. The first kappa shape index (κ1) is 30.9. The second kappa shape index (κ2) is 13.1. The number of aromatic nitrogens is 2. The fourth-order valence-electron chi connectivity index (χ4n) is 4.76. The molecule has 0 aliphatic carbocycles. The Kier molecular flexibility index (Phi) is 10.1. The summed E-state index contributed by atoms with van der Waals surface area (Å²) in [5.41, 5.74) is 5.76. The van der Waals surface area contributed by atoms with Gasteiger partial charge in [0.15, 0.2) is 9.84 Å². The van der Waals surface area contributed by atoms with Crippen molar-refractivity contribution in [2.24, 2.45) is 7.05 Å². The summed E-state index contributed by atoms with van der Waals surface area (Å²) >= 11 is 0. The van der Waals surface area contributed by atoms with E-state index in [1.165, 1.54) is 6.26 Å². The van der Waals surface area contributed by atoms with Crippen LogP contribution in [-0.4, -0.2) is 29.1 Å². The first-order valence-electron chi connectivity index (χ1n) is 12.3. The summed E-state index contributed by atoms with van der Waals surface area (Å²) in [6.45, 7) is 1.93. The molecule has 0 aliphatic heterocycles. The third kappa shape index (κ3) is 6.90. The monoisotopic (exact) mass is 592 g/mol. The molecule has 4 aromatic carbocycles. The smallest absolute Gasteiger partial charge is 0.175 e. The quantitative estimate of drug-likeness (QED) is 0.204. The van der Waals surface area contributed by atoms with Gasteiger partial charge < -0.3 is 4.57 Å². The predicted molar refractivity (Wildman–Crippen MR) is 164 cm³/mol. The highest BCUT2D eigenvalue weighted by atomic mass is 35.5. The molecular weight excluding hydrogens is 563 g/mol. The number of sulfone groups is 1. The van der Waals surface area contributed by atoms with Crippen molar-refractivity contribution in [3.05, 3.63) is 120 Å². The maximum atomic E-state index is 11.9. The van der Waals surface area contributed by atoms with Gasteiger partial charge in [0, 0.05) is 44.7 Å². The SMILES string of the molecule is Cl.Cl.Cn1cncc1CN(Cc1ccc(S(C)(=O)=O)cc1)Cc1ccc(C#N)c(-c2cccc3ccccc23)c1. The van der Waals surface area contributed by atoms with E-state index < -0.39 is 9.84 Å². The van der Waals surface area contributed by atoms with Gasteiger partial charge in [-0.3, -0.25) is 4.90 Å². The molecule has 1 heterocycles. The number of nitrogens with zero attached hydrogens (tertiary/aromatic N) is 4. The van der Waals surface area contributed by atoms with Crippen molar-refractivity contribution in [2.75, 3.05) is 6.26 Å². The van der Waals surface area contributed by atoms with Crippen molar-refractivity contribution in [2.45, 2.75) is 24.5 Å². The molecule has 5 aromatic rings. The lowest BCUT2D eigenvalue weighted by atomic mass is 9.93. The maximum Gasteiger partial charge on any atom is 0.175 e. The van der Waals surface area contributed by atoms with Gasteiger partial charge in [-0.1, -0.05) is 60.7 Å². The second-order valence-corrected chi connectivity index (χ2v) is 11.6. The Balaban J connectivity index is 0.00000220. The van der Waals surface area contributed by atoms with Crippen LogP contribution in [-0.2, 0) is 36.5 Å². The van der Waals surface area contributed by atoms with Crippen LogP contribution in [0.15, 0.2) is 102 Å². The fourth-order valence-corrected chi connectivity index (χ4v) is 5.39. The molecule has 0 saturated heterocycles. The lowest BCUT2D eigenvalue weighted by Crippen LogP contribution is -2.23. The van der Waals surface area contributed by atoms with Gasteiger partial charge in [-0.15, -0.1) is 24.8 Å². The van der Waals surface area contributed by atoms with Crippen LogP contribution in [0.2, 0.25) is 0 Å². The molecule has 0 unspecified atom stereocenters. The van der Waals surface area contributed by atoms with Gasteiger partial charge in [-0.05, 0) is 51.7 Å². The molecule has 5 rings (SSSR count). The summed E-state index contributed by atoms with van der Waals surface area (Å²) in [6, 6.07) is 29.8. The molecule has 0 amide bonds. The summed E-state index contributed by atoms with van der Waals surface area (Å²) < 4.78 is 25.8. The third-order valence-corrected chi connectivity index (χ3v) is 7.88. The average Bonchev–Trinajstić information content (AvgIpc) is 3.32. The number of fused-ring (bicyclic) bond motifs is 1. The van der Waals surface area contributed by atoms with Crippen LogP contribution in [0.4, 0.5) is 0 Å². The number of rotatable bonds is 8. The van der Waals surface area contributed by atoms with Gasteiger partial charge in [0.2, 0.25) is 0 Å². The second-order valence-electron chi connectivity index (χ2n) is 9.58. The topological polar surface area (TPSA) is 79.0 Å². The van der Waals surface area contributed by atoms with Crippen molar-refractivity contribution >= 4 is 45.4 Å². The van der Waals surface area contributed by atoms with Crippen molar-refractivity contribution < 1.29 is 8.42 Å². The van der Waals surface area contributed by atoms with Crippen LogP contribution in [0, 0.1) is 11.3 Å². The van der Waals surface area contributed by atoms with Crippen molar-refractivity contribution in [1.82, 2.24) is 14.5 Å². The maximum absolute atomic E-state index is 11.9. The summed E-state index contributed by atoms with van der Waals surface area (Å²) in [6.07, 6.45) is 4.87. The summed E-state index contributed by atoms with van der Waals surface area (Å²) in [4.78, 5) is 6.87. The van der Waals surface area contributed by atoms with Crippen molar-refractivity contribution in [3.8, 4) is 17.2 Å². The van der Waals surface area contributed by atoms with Gasteiger partial charge in [0.25, 0.3) is 0 Å². The molecule has 206 valence electrons. The van der Waals surface area contributed by atoms with E-state index in [9.17, 15) is 13.7 Å². The molecule has 40 heavy (non-hydrogen) atoms. The van der Waals surface area contributed by atoms with Crippen LogP contribution in [0.5, 0.6) is 0 Å². The van der Waals surface area contributed by atoms with E-state index in [4.69, 9.17) is 0 Å². The average molecular weight is 594 g/mol. The van der Waals surface area contributed by atoms with Gasteiger partial charge in [0.05, 0.1) is 28.5 Å². The van der Waals surface area contributed by atoms with Crippen LogP contribution in [0.3, 0.4) is 0 Å². The molecule has 0 atom stereocenters. The zero-order chi connectivity index (χ0) is 26.7. The highest BCUT2D eigenvalue weighted by molar-refractivity contribution is 7.90. The Morgan fingerprint density at radius 2 is 1.52 bits per heavy atom. The Morgan fingerprint density at radius 1 is 0.850 bits per heavy atom. The molecule has 0 aliphatic rings. The number of benzene rings is 4. The van der Waals surface area contributed by atoms with Crippen LogP contribution >= 0.6 is 24.8 Å². The van der Waals surface area contributed by atoms with Gasteiger partial charge in [-0.2, -0.15) is 5.26 Å². The minimum atomic E-state index is -3.25. The Morgan fingerprint density at radius 3 is 2.20 bits per heavy atom. The standard InChI is InChI=1S/C31H28N4O2S.2ClH/c1-34-22-33-18-27(34)21-35(19-23-11-14-28(15-12-23)38(2,36)37)20-24-10-13-26(17-32)31(16-24)30-9-5-7-25-6-3-4-8-29(25)30;;/h3-16,18,22H,19-21H2,1-2H3;2*1H. The van der Waals surface area contributed by atoms with E-state index in [1.807, 2.05) is 60.3 Å². The number of hydrogen-bond acceptors (Lipinski definition) is 5. The van der Waals surface area contributed by atoms with E-state index in [2.05, 4.69) is 46.3 Å². The highest BCUT2D eigenvalue weighted by Gasteiger charge is 2.15. The van der Waals surface area contributed by atoms with Crippen molar-refractivity contribution in [3.63, 3.8) is 0 Å². The van der Waals surface area contributed by atoms with Gasteiger partial charge >= 0.3 is 0 Å². The Bertz CT molecular complexity index is 1760. The number of imidazole rings is 1. The molecule has 1 aromatic heterocycles. The van der Waals surface area contributed by atoms with Crippen LogP contribution in [0.25, 0.3) is 21.9 Å². The van der Waals surface area contributed by atoms with E-state index in [1.54, 1.807) is 18.5 Å². The minimum absolute atomic E-state index is 0. The molecule has 0 fully saturated rings. The molecule has 0 saturated carbocycles. The number of hydrogen-bond donors (Lipinski definition) is 0. The predicted octanol–water partition coefficient (Wildman–Crippen LogP) is 6.56. The van der Waals surface area contributed by atoms with Crippen LogP contribution < -0.4 is 0 Å². The first-order chi connectivity index (χ1) is 18.3. The Hall–Kier alpha value is -3.67. The number of nitriles is 1. The molecule has 9 heteroatoms. The molecular formula is C31H30Cl2N4O2S. The van der Waals surface area contributed by atoms with E-state index in [0.717, 1.165) is 38.7 Å².